The minimum absolute atomic E-state index is 0.550. The number of nitrogens with one attached hydrogen (secondary N) is 2. The van der Waals surface area contributed by atoms with Crippen molar-refractivity contribution in [3.63, 3.8) is 0 Å². The highest BCUT2D eigenvalue weighted by Gasteiger charge is 2.28. The Morgan fingerprint density at radius 1 is 1.08 bits per heavy atom. The predicted octanol–water partition coefficient (Wildman–Crippen LogP) is 3.97. The molecule has 1 atom stereocenters. The maximum absolute atomic E-state index is 12.1. The number of alkyl halides is 3. The summed E-state index contributed by atoms with van der Waals surface area (Å²) < 4.78 is 47.3. The summed E-state index contributed by atoms with van der Waals surface area (Å²) in [6, 6.07) is 13.0. The molecule has 0 heterocycles. The molecule has 2 N–H and O–H groups in total. The van der Waals surface area contributed by atoms with Crippen LogP contribution in [0.1, 0.15) is 6.92 Å². The molecule has 26 heavy (non-hydrogen) atoms. The molecule has 2 rings (SSSR count). The van der Waals surface area contributed by atoms with Crippen molar-refractivity contribution in [1.82, 2.24) is 5.32 Å². The van der Waals surface area contributed by atoms with Crippen LogP contribution in [-0.2, 0) is 4.79 Å². The van der Waals surface area contributed by atoms with Crippen LogP contribution < -0.4 is 20.1 Å². The van der Waals surface area contributed by atoms with Crippen molar-refractivity contribution in [2.45, 2.75) is 19.1 Å². The zero-order valence-corrected chi connectivity index (χ0v) is 14.3. The number of anilines is 1. The first-order chi connectivity index (χ1) is 12.3. The summed E-state index contributed by atoms with van der Waals surface area (Å²) in [7, 11) is 1.54. The minimum atomic E-state index is -4.44. The van der Waals surface area contributed by atoms with Gasteiger partial charge in [-0.3, -0.25) is 4.79 Å². The molecule has 1 unspecified atom stereocenters. The summed E-state index contributed by atoms with van der Waals surface area (Å²) in [5, 5.41) is 4.67. The van der Waals surface area contributed by atoms with Crippen molar-refractivity contribution in [2.24, 2.45) is 0 Å². The van der Waals surface area contributed by atoms with Crippen LogP contribution in [-0.4, -0.2) is 31.8 Å². The number of hydrogen-bond acceptors (Lipinski definition) is 4. The second-order valence-electron chi connectivity index (χ2n) is 5.48. The van der Waals surface area contributed by atoms with Gasteiger partial charge >= 0.3 is 6.18 Å². The lowest BCUT2D eigenvalue weighted by Crippen LogP contribution is -2.42. The first-order valence-corrected chi connectivity index (χ1v) is 7.80. The Kier molecular flexibility index (Phi) is 6.32. The molecular formula is C18H19F3N2O3. The predicted molar refractivity (Wildman–Crippen MR) is 91.7 cm³/mol. The molecule has 0 saturated carbocycles. The van der Waals surface area contributed by atoms with Crippen molar-refractivity contribution in [3.8, 4) is 17.2 Å². The largest absolute Gasteiger partial charge is 0.493 e. The molecule has 0 aliphatic rings. The molecule has 5 nitrogen and oxygen atoms in total. The Morgan fingerprint density at radius 2 is 1.69 bits per heavy atom. The number of benzene rings is 2. The Labute approximate surface area is 149 Å². The quantitative estimate of drug-likeness (QED) is 0.777. The van der Waals surface area contributed by atoms with Crippen LogP contribution in [0.15, 0.2) is 48.5 Å². The first-order valence-electron chi connectivity index (χ1n) is 7.80. The van der Waals surface area contributed by atoms with Gasteiger partial charge in [-0.2, -0.15) is 13.2 Å². The van der Waals surface area contributed by atoms with Crippen LogP contribution in [0, 0.1) is 0 Å². The van der Waals surface area contributed by atoms with Crippen LogP contribution in [0.4, 0.5) is 18.9 Å². The highest BCUT2D eigenvalue weighted by Crippen LogP contribution is 2.31. The summed E-state index contributed by atoms with van der Waals surface area (Å²) in [5.74, 6) is 0.950. The number of ether oxygens (including phenoxy) is 2. The average molecular weight is 368 g/mol. The van der Waals surface area contributed by atoms with Crippen LogP contribution in [0.2, 0.25) is 0 Å². The van der Waals surface area contributed by atoms with E-state index >= 15 is 0 Å². The second kappa shape index (κ2) is 8.46. The molecule has 2 aromatic rings. The van der Waals surface area contributed by atoms with E-state index in [1.165, 1.54) is 6.92 Å². The third kappa shape index (κ3) is 5.87. The minimum Gasteiger partial charge on any atom is -0.493 e. The lowest BCUT2D eigenvalue weighted by Gasteiger charge is -2.16. The van der Waals surface area contributed by atoms with Gasteiger partial charge in [0.05, 0.1) is 7.11 Å². The second-order valence-corrected chi connectivity index (χ2v) is 5.48. The fraction of sp³-hybridized carbons (Fsp3) is 0.278. The van der Waals surface area contributed by atoms with Gasteiger partial charge in [-0.15, -0.1) is 0 Å². The number of hydrogen-bond donors (Lipinski definition) is 2. The summed E-state index contributed by atoms with van der Waals surface area (Å²) in [6.07, 6.45) is -4.44. The molecule has 0 radical (unpaired) electrons. The van der Waals surface area contributed by atoms with E-state index in [0.29, 0.717) is 22.9 Å². The van der Waals surface area contributed by atoms with Crippen molar-refractivity contribution in [2.75, 3.05) is 19.0 Å². The van der Waals surface area contributed by atoms with Crippen molar-refractivity contribution in [3.05, 3.63) is 48.5 Å². The summed E-state index contributed by atoms with van der Waals surface area (Å²) in [5.41, 5.74) is 0.576. The summed E-state index contributed by atoms with van der Waals surface area (Å²) >= 11 is 0. The zero-order chi connectivity index (χ0) is 19.2. The van der Waals surface area contributed by atoms with E-state index in [9.17, 15) is 18.0 Å². The fourth-order valence-electron chi connectivity index (χ4n) is 2.11. The van der Waals surface area contributed by atoms with E-state index in [4.69, 9.17) is 9.47 Å². The lowest BCUT2D eigenvalue weighted by molar-refractivity contribution is -0.138. The number of rotatable bonds is 7. The standard InChI is InChI=1S/C18H19F3N2O3/c1-12(17(24)22-11-18(19,20)21)23-13-7-9-14(10-8-13)26-16-6-4-3-5-15(16)25-2/h3-10,12,23H,11H2,1-2H3,(H,22,24). The molecule has 0 aliphatic heterocycles. The molecule has 0 spiro atoms. The monoisotopic (exact) mass is 368 g/mol. The maximum atomic E-state index is 12.1. The molecule has 1 amide bonds. The number of carbonyl (C=O) groups is 1. The van der Waals surface area contributed by atoms with Crippen LogP contribution in [0.3, 0.4) is 0 Å². The number of amides is 1. The van der Waals surface area contributed by atoms with Crippen LogP contribution in [0.25, 0.3) is 0 Å². The van der Waals surface area contributed by atoms with Gasteiger partial charge in [-0.05, 0) is 43.3 Å². The normalized spacial score (nSPS) is 12.2. The average Bonchev–Trinajstić information content (AvgIpc) is 2.61. The molecule has 8 heteroatoms. The van der Waals surface area contributed by atoms with E-state index in [-0.39, 0.29) is 0 Å². The highest BCUT2D eigenvalue weighted by molar-refractivity contribution is 5.84. The van der Waals surface area contributed by atoms with Gasteiger partial charge < -0.3 is 20.1 Å². The van der Waals surface area contributed by atoms with Crippen molar-refractivity contribution >= 4 is 11.6 Å². The smallest absolute Gasteiger partial charge is 0.405 e. The maximum Gasteiger partial charge on any atom is 0.405 e. The van der Waals surface area contributed by atoms with Gasteiger partial charge in [-0.1, -0.05) is 12.1 Å². The van der Waals surface area contributed by atoms with E-state index in [0.717, 1.165) is 0 Å². The van der Waals surface area contributed by atoms with E-state index in [1.54, 1.807) is 43.5 Å². The third-order valence-electron chi connectivity index (χ3n) is 3.39. The molecule has 0 aliphatic carbocycles. The van der Waals surface area contributed by atoms with Gasteiger partial charge in [0.25, 0.3) is 0 Å². The third-order valence-corrected chi connectivity index (χ3v) is 3.39. The number of halogens is 3. The van der Waals surface area contributed by atoms with E-state index in [2.05, 4.69) is 5.32 Å². The van der Waals surface area contributed by atoms with E-state index < -0.39 is 24.7 Å². The molecular weight excluding hydrogens is 349 g/mol. The Morgan fingerprint density at radius 3 is 2.27 bits per heavy atom. The summed E-state index contributed by atoms with van der Waals surface area (Å²) in [4.78, 5) is 11.7. The first kappa shape index (κ1) is 19.4. The fourth-order valence-corrected chi connectivity index (χ4v) is 2.11. The van der Waals surface area contributed by atoms with Gasteiger partial charge in [0.2, 0.25) is 5.91 Å². The molecule has 0 fully saturated rings. The molecule has 0 saturated heterocycles. The highest BCUT2D eigenvalue weighted by atomic mass is 19.4. The summed E-state index contributed by atoms with van der Waals surface area (Å²) in [6.45, 7) is 0.120. The molecule has 2 aromatic carbocycles. The number of methoxy groups -OCH3 is 1. The Balaban J connectivity index is 1.93. The van der Waals surface area contributed by atoms with Gasteiger partial charge in [0.1, 0.15) is 18.3 Å². The van der Waals surface area contributed by atoms with Crippen LogP contribution in [0.5, 0.6) is 17.2 Å². The van der Waals surface area contributed by atoms with Crippen molar-refractivity contribution in [1.29, 1.82) is 0 Å². The SMILES string of the molecule is COc1ccccc1Oc1ccc(NC(C)C(=O)NCC(F)(F)F)cc1. The molecule has 0 bridgehead atoms. The van der Waals surface area contributed by atoms with Gasteiger partial charge in [0.15, 0.2) is 11.5 Å². The van der Waals surface area contributed by atoms with Crippen molar-refractivity contribution < 1.29 is 27.4 Å². The molecule has 0 aromatic heterocycles. The van der Waals surface area contributed by atoms with Crippen LogP contribution >= 0.6 is 0 Å². The zero-order valence-electron chi connectivity index (χ0n) is 14.3. The van der Waals surface area contributed by atoms with Gasteiger partial charge in [0, 0.05) is 5.69 Å². The Bertz CT molecular complexity index is 733. The number of carbonyl (C=O) groups excluding carboxylic acids is 1. The topological polar surface area (TPSA) is 59.6 Å². The van der Waals surface area contributed by atoms with Gasteiger partial charge in [-0.25, -0.2) is 0 Å². The number of para-hydroxylation sites is 2. The Hall–Kier alpha value is -2.90. The molecule has 140 valence electrons. The lowest BCUT2D eigenvalue weighted by atomic mass is 10.2. The van der Waals surface area contributed by atoms with E-state index in [1.807, 2.05) is 17.4 Å².